The Balaban J connectivity index is 1.98. The molecule has 0 amide bonds. The number of carbonyl (C=O) groups is 1. The second kappa shape index (κ2) is 3.29. The van der Waals surface area contributed by atoms with E-state index in [4.69, 9.17) is 5.11 Å². The smallest absolute Gasteiger partial charge is 0.307 e. The number of carboxylic acid groups (broad SMARTS) is 1. The molecule has 2 rings (SSSR count). The fourth-order valence-electron chi connectivity index (χ4n) is 2.74. The van der Waals surface area contributed by atoms with Crippen molar-refractivity contribution in [3.05, 3.63) is 0 Å². The van der Waals surface area contributed by atoms with Gasteiger partial charge in [0.1, 0.15) is 0 Å². The van der Waals surface area contributed by atoms with Gasteiger partial charge in [-0.1, -0.05) is 19.3 Å². The van der Waals surface area contributed by atoms with Crippen molar-refractivity contribution < 1.29 is 9.90 Å². The highest BCUT2D eigenvalue weighted by Gasteiger charge is 2.41. The summed E-state index contributed by atoms with van der Waals surface area (Å²) in [7, 11) is 0. The van der Waals surface area contributed by atoms with E-state index in [9.17, 15) is 4.79 Å². The Labute approximate surface area is 78.5 Å². The number of aliphatic carboxylic acids is 1. The van der Waals surface area contributed by atoms with Crippen LogP contribution in [-0.4, -0.2) is 23.2 Å². The summed E-state index contributed by atoms with van der Waals surface area (Å²) in [5, 5.41) is 12.3. The first-order valence-corrected chi connectivity index (χ1v) is 5.20. The summed E-state index contributed by atoms with van der Waals surface area (Å²) in [5.74, 6) is -0.770. The molecule has 1 spiro atoms. The highest BCUT2D eigenvalue weighted by atomic mass is 16.4. The minimum absolute atomic E-state index is 0.141. The third-order valence-corrected chi connectivity index (χ3v) is 3.52. The van der Waals surface area contributed by atoms with Crippen molar-refractivity contribution in [2.24, 2.45) is 5.92 Å². The molecule has 1 atom stereocenters. The van der Waals surface area contributed by atoms with Crippen molar-refractivity contribution >= 4 is 5.97 Å². The molecule has 1 aliphatic carbocycles. The van der Waals surface area contributed by atoms with Gasteiger partial charge >= 0.3 is 5.97 Å². The van der Waals surface area contributed by atoms with Crippen LogP contribution in [0.15, 0.2) is 0 Å². The normalized spacial score (nSPS) is 32.2. The van der Waals surface area contributed by atoms with Crippen LogP contribution in [0.3, 0.4) is 0 Å². The van der Waals surface area contributed by atoms with Gasteiger partial charge in [0, 0.05) is 12.1 Å². The highest BCUT2D eigenvalue weighted by molar-refractivity contribution is 5.71. The van der Waals surface area contributed by atoms with Crippen LogP contribution in [-0.2, 0) is 4.79 Å². The highest BCUT2D eigenvalue weighted by Crippen LogP contribution is 2.37. The van der Waals surface area contributed by atoms with Crippen LogP contribution in [0.4, 0.5) is 0 Å². The van der Waals surface area contributed by atoms with Gasteiger partial charge in [0.2, 0.25) is 0 Å². The Morgan fingerprint density at radius 3 is 2.54 bits per heavy atom. The van der Waals surface area contributed by atoms with Gasteiger partial charge in [-0.25, -0.2) is 0 Å². The molecule has 1 unspecified atom stereocenters. The summed E-state index contributed by atoms with van der Waals surface area (Å²) in [5.41, 5.74) is 0.196. The van der Waals surface area contributed by atoms with E-state index in [0.29, 0.717) is 6.54 Å². The molecule has 1 aliphatic heterocycles. The summed E-state index contributed by atoms with van der Waals surface area (Å²) >= 11 is 0. The third-order valence-electron chi connectivity index (χ3n) is 3.52. The molecule has 0 aromatic heterocycles. The molecular weight excluding hydrogens is 166 g/mol. The van der Waals surface area contributed by atoms with Gasteiger partial charge < -0.3 is 10.4 Å². The first-order valence-electron chi connectivity index (χ1n) is 5.20. The van der Waals surface area contributed by atoms with Gasteiger partial charge in [0.05, 0.1) is 5.92 Å². The van der Waals surface area contributed by atoms with Crippen molar-refractivity contribution in [3.63, 3.8) is 0 Å². The Morgan fingerprint density at radius 1 is 1.31 bits per heavy atom. The Morgan fingerprint density at radius 2 is 2.00 bits per heavy atom. The number of rotatable bonds is 1. The average Bonchev–Trinajstić information content (AvgIpc) is 2.51. The number of carboxylic acids is 1. The van der Waals surface area contributed by atoms with Crippen LogP contribution in [0.1, 0.15) is 38.5 Å². The molecule has 74 valence electrons. The number of hydrogen-bond acceptors (Lipinski definition) is 2. The summed E-state index contributed by atoms with van der Waals surface area (Å²) in [4.78, 5) is 10.8. The van der Waals surface area contributed by atoms with E-state index in [1.54, 1.807) is 0 Å². The van der Waals surface area contributed by atoms with Crippen molar-refractivity contribution in [2.75, 3.05) is 6.54 Å². The minimum atomic E-state index is -0.630. The Hall–Kier alpha value is -0.570. The van der Waals surface area contributed by atoms with Gasteiger partial charge in [-0.15, -0.1) is 0 Å². The lowest BCUT2D eigenvalue weighted by Crippen LogP contribution is -2.41. The molecule has 2 aliphatic rings. The molecule has 3 heteroatoms. The van der Waals surface area contributed by atoms with Gasteiger partial charge in [0.25, 0.3) is 0 Å². The molecule has 0 bridgehead atoms. The maximum absolute atomic E-state index is 10.8. The van der Waals surface area contributed by atoms with Crippen LogP contribution in [0.2, 0.25) is 0 Å². The predicted molar refractivity (Wildman–Crippen MR) is 49.6 cm³/mol. The van der Waals surface area contributed by atoms with Gasteiger partial charge in [-0.3, -0.25) is 4.79 Å². The molecule has 0 radical (unpaired) electrons. The zero-order valence-corrected chi connectivity index (χ0v) is 7.88. The molecule has 2 N–H and O–H groups in total. The zero-order valence-electron chi connectivity index (χ0n) is 7.88. The second-order valence-corrected chi connectivity index (χ2v) is 4.46. The van der Waals surface area contributed by atoms with E-state index in [1.807, 2.05) is 0 Å². The van der Waals surface area contributed by atoms with E-state index < -0.39 is 5.97 Å². The lowest BCUT2D eigenvalue weighted by Gasteiger charge is -2.33. The average molecular weight is 183 g/mol. The Kier molecular flexibility index (Phi) is 2.28. The minimum Gasteiger partial charge on any atom is -0.481 e. The molecule has 0 aromatic rings. The monoisotopic (exact) mass is 183 g/mol. The van der Waals surface area contributed by atoms with E-state index in [1.165, 1.54) is 32.1 Å². The fourth-order valence-corrected chi connectivity index (χ4v) is 2.74. The van der Waals surface area contributed by atoms with Gasteiger partial charge in [0.15, 0.2) is 0 Å². The predicted octanol–water partition coefficient (Wildman–Crippen LogP) is 1.38. The van der Waals surface area contributed by atoms with Crippen LogP contribution in [0.25, 0.3) is 0 Å². The Bertz CT molecular complexity index is 209. The van der Waals surface area contributed by atoms with Crippen molar-refractivity contribution in [1.82, 2.24) is 5.32 Å². The summed E-state index contributed by atoms with van der Waals surface area (Å²) < 4.78 is 0. The summed E-state index contributed by atoms with van der Waals surface area (Å²) in [6.07, 6.45) is 7.05. The number of hydrogen-bond donors (Lipinski definition) is 2. The maximum Gasteiger partial charge on any atom is 0.307 e. The van der Waals surface area contributed by atoms with E-state index in [0.717, 1.165) is 6.42 Å². The molecule has 0 aromatic carbocycles. The van der Waals surface area contributed by atoms with E-state index in [-0.39, 0.29) is 11.5 Å². The second-order valence-electron chi connectivity index (χ2n) is 4.46. The quantitative estimate of drug-likeness (QED) is 0.645. The summed E-state index contributed by atoms with van der Waals surface area (Å²) in [6, 6.07) is 0. The summed E-state index contributed by atoms with van der Waals surface area (Å²) in [6.45, 7) is 0.676. The van der Waals surface area contributed by atoms with Crippen molar-refractivity contribution in [1.29, 1.82) is 0 Å². The van der Waals surface area contributed by atoms with Crippen LogP contribution in [0, 0.1) is 5.92 Å². The van der Waals surface area contributed by atoms with Crippen molar-refractivity contribution in [2.45, 2.75) is 44.1 Å². The molecular formula is C10H17NO2. The third kappa shape index (κ3) is 1.70. The first-order chi connectivity index (χ1) is 6.22. The van der Waals surface area contributed by atoms with Crippen LogP contribution >= 0.6 is 0 Å². The standard InChI is InChI=1S/C10H17NO2/c12-9(13)8-6-10(11-7-8)4-2-1-3-5-10/h8,11H,1-7H2,(H,12,13). The fraction of sp³-hybridized carbons (Fsp3) is 0.900. The van der Waals surface area contributed by atoms with Crippen LogP contribution < -0.4 is 5.32 Å². The lowest BCUT2D eigenvalue weighted by atomic mass is 9.79. The molecule has 3 nitrogen and oxygen atoms in total. The maximum atomic E-state index is 10.8. The van der Waals surface area contributed by atoms with E-state index in [2.05, 4.69) is 5.32 Å². The van der Waals surface area contributed by atoms with Gasteiger partial charge in [-0.05, 0) is 19.3 Å². The molecule has 1 saturated heterocycles. The van der Waals surface area contributed by atoms with Gasteiger partial charge in [-0.2, -0.15) is 0 Å². The number of nitrogens with one attached hydrogen (secondary N) is 1. The van der Waals surface area contributed by atoms with Crippen molar-refractivity contribution in [3.8, 4) is 0 Å². The topological polar surface area (TPSA) is 49.3 Å². The lowest BCUT2D eigenvalue weighted by molar-refractivity contribution is -0.141. The zero-order chi connectivity index (χ0) is 9.31. The van der Waals surface area contributed by atoms with E-state index >= 15 is 0 Å². The van der Waals surface area contributed by atoms with Crippen LogP contribution in [0.5, 0.6) is 0 Å². The molecule has 1 heterocycles. The molecule has 2 fully saturated rings. The first kappa shape index (κ1) is 9.00. The SMILES string of the molecule is O=C(O)C1CNC2(CCCCC2)C1. The molecule has 13 heavy (non-hydrogen) atoms. The largest absolute Gasteiger partial charge is 0.481 e. The molecule has 1 saturated carbocycles.